The summed E-state index contributed by atoms with van der Waals surface area (Å²) >= 11 is 5.90. The summed E-state index contributed by atoms with van der Waals surface area (Å²) in [6.45, 7) is 3.44. The molecule has 1 fully saturated rings. The fraction of sp³-hybridized carbons (Fsp3) is 0.400. The van der Waals surface area contributed by atoms with Crippen molar-refractivity contribution in [1.29, 1.82) is 0 Å². The third-order valence-corrected chi connectivity index (χ3v) is 3.81. The van der Waals surface area contributed by atoms with E-state index in [0.29, 0.717) is 0 Å². The smallest absolute Gasteiger partial charge is 0.111 e. The second kappa shape index (κ2) is 6.39. The van der Waals surface area contributed by atoms with Gasteiger partial charge in [-0.25, -0.2) is 4.98 Å². The first-order valence-corrected chi connectivity index (χ1v) is 7.27. The summed E-state index contributed by atoms with van der Waals surface area (Å²) in [5, 5.41) is 4.13. The predicted octanol–water partition coefficient (Wildman–Crippen LogP) is 2.44. The van der Waals surface area contributed by atoms with E-state index in [-0.39, 0.29) is 6.10 Å². The van der Waals surface area contributed by atoms with Gasteiger partial charge in [-0.05, 0) is 24.1 Å². The summed E-state index contributed by atoms with van der Waals surface area (Å²) < 4.78 is 7.96. The van der Waals surface area contributed by atoms with Crippen LogP contribution in [0, 0.1) is 0 Å². The maximum Gasteiger partial charge on any atom is 0.111 e. The molecular formula is C15H18ClN3O. The molecule has 106 valence electrons. The quantitative estimate of drug-likeness (QED) is 0.940. The molecule has 2 heterocycles. The van der Waals surface area contributed by atoms with Crippen molar-refractivity contribution in [3.05, 3.63) is 53.1 Å². The van der Waals surface area contributed by atoms with Crippen molar-refractivity contribution in [3.63, 3.8) is 0 Å². The highest BCUT2D eigenvalue weighted by molar-refractivity contribution is 6.30. The first-order valence-electron chi connectivity index (χ1n) is 6.90. The van der Waals surface area contributed by atoms with E-state index in [9.17, 15) is 0 Å². The van der Waals surface area contributed by atoms with Gasteiger partial charge in [-0.3, -0.25) is 0 Å². The Balaban J connectivity index is 1.65. The van der Waals surface area contributed by atoms with Gasteiger partial charge in [0.15, 0.2) is 0 Å². The molecule has 1 atom stereocenters. The van der Waals surface area contributed by atoms with Crippen LogP contribution in [-0.2, 0) is 17.7 Å². The van der Waals surface area contributed by atoms with Crippen LogP contribution in [0.5, 0.6) is 0 Å². The standard InChI is InChI=1S/C15H18ClN3O/c16-13-3-1-12(2-4-13)5-7-19-11-18-9-14(19)15-10-17-6-8-20-15/h1-4,9,11,15,17H,5-8,10H2. The molecule has 0 radical (unpaired) electrons. The molecule has 1 unspecified atom stereocenters. The highest BCUT2D eigenvalue weighted by Gasteiger charge is 2.19. The van der Waals surface area contributed by atoms with Gasteiger partial charge in [-0.2, -0.15) is 0 Å². The van der Waals surface area contributed by atoms with E-state index < -0.39 is 0 Å². The van der Waals surface area contributed by atoms with Crippen molar-refractivity contribution >= 4 is 11.6 Å². The summed E-state index contributed by atoms with van der Waals surface area (Å²) in [7, 11) is 0. The van der Waals surface area contributed by atoms with Crippen molar-refractivity contribution in [3.8, 4) is 0 Å². The summed E-state index contributed by atoms with van der Waals surface area (Å²) in [5.74, 6) is 0. The lowest BCUT2D eigenvalue weighted by atomic mass is 10.1. The van der Waals surface area contributed by atoms with E-state index in [4.69, 9.17) is 16.3 Å². The van der Waals surface area contributed by atoms with Crippen LogP contribution in [0.15, 0.2) is 36.8 Å². The van der Waals surface area contributed by atoms with Crippen LogP contribution in [0.1, 0.15) is 17.4 Å². The molecular weight excluding hydrogens is 274 g/mol. The monoisotopic (exact) mass is 291 g/mol. The Bertz CT molecular complexity index is 547. The summed E-state index contributed by atoms with van der Waals surface area (Å²) in [4.78, 5) is 4.26. The lowest BCUT2D eigenvalue weighted by Crippen LogP contribution is -2.34. The lowest BCUT2D eigenvalue weighted by molar-refractivity contribution is 0.0228. The van der Waals surface area contributed by atoms with Gasteiger partial charge in [0.05, 0.1) is 24.8 Å². The number of morpholine rings is 1. The highest BCUT2D eigenvalue weighted by Crippen LogP contribution is 2.19. The SMILES string of the molecule is Clc1ccc(CCn2cncc2C2CNCCO2)cc1. The molecule has 1 N–H and O–H groups in total. The molecule has 1 aromatic carbocycles. The van der Waals surface area contributed by atoms with Crippen molar-refractivity contribution in [2.75, 3.05) is 19.7 Å². The molecule has 0 saturated carbocycles. The molecule has 1 saturated heterocycles. The summed E-state index contributed by atoms with van der Waals surface area (Å²) in [5.41, 5.74) is 2.42. The molecule has 3 rings (SSSR count). The molecule has 1 aromatic heterocycles. The number of halogens is 1. The lowest BCUT2D eigenvalue weighted by Gasteiger charge is -2.24. The van der Waals surface area contributed by atoms with Gasteiger partial charge in [-0.1, -0.05) is 23.7 Å². The van der Waals surface area contributed by atoms with E-state index in [1.165, 1.54) is 5.56 Å². The van der Waals surface area contributed by atoms with Gasteiger partial charge >= 0.3 is 0 Å². The average Bonchev–Trinajstić information content (AvgIpc) is 2.96. The molecule has 0 aliphatic carbocycles. The van der Waals surface area contributed by atoms with Gasteiger partial charge in [-0.15, -0.1) is 0 Å². The van der Waals surface area contributed by atoms with E-state index in [1.807, 2.05) is 24.7 Å². The average molecular weight is 292 g/mol. The van der Waals surface area contributed by atoms with Crippen molar-refractivity contribution in [1.82, 2.24) is 14.9 Å². The summed E-state index contributed by atoms with van der Waals surface area (Å²) in [6.07, 6.45) is 4.85. The number of aryl methyl sites for hydroxylation is 2. The van der Waals surface area contributed by atoms with Crippen LogP contribution in [0.3, 0.4) is 0 Å². The maximum absolute atomic E-state index is 5.90. The molecule has 2 aromatic rings. The molecule has 1 aliphatic heterocycles. The Kier molecular flexibility index (Phi) is 4.35. The van der Waals surface area contributed by atoms with Gasteiger partial charge in [0, 0.05) is 24.7 Å². The van der Waals surface area contributed by atoms with E-state index in [2.05, 4.69) is 27.0 Å². The molecule has 0 spiro atoms. The van der Waals surface area contributed by atoms with Crippen LogP contribution in [0.2, 0.25) is 5.02 Å². The minimum atomic E-state index is 0.108. The van der Waals surface area contributed by atoms with Crippen LogP contribution in [0.4, 0.5) is 0 Å². The van der Waals surface area contributed by atoms with Crippen molar-refractivity contribution < 1.29 is 4.74 Å². The van der Waals surface area contributed by atoms with Crippen LogP contribution >= 0.6 is 11.6 Å². The number of aromatic nitrogens is 2. The van der Waals surface area contributed by atoms with Crippen LogP contribution in [-0.4, -0.2) is 29.2 Å². The molecule has 5 heteroatoms. The number of rotatable bonds is 4. The van der Waals surface area contributed by atoms with Crippen LogP contribution < -0.4 is 5.32 Å². The van der Waals surface area contributed by atoms with Gasteiger partial charge in [0.1, 0.15) is 6.10 Å². The number of imidazole rings is 1. The number of hydrogen-bond donors (Lipinski definition) is 1. The zero-order valence-electron chi connectivity index (χ0n) is 11.3. The Morgan fingerprint density at radius 2 is 2.20 bits per heavy atom. The fourth-order valence-electron chi connectivity index (χ4n) is 2.44. The van der Waals surface area contributed by atoms with Gasteiger partial charge in [0.25, 0.3) is 0 Å². The van der Waals surface area contributed by atoms with E-state index in [0.717, 1.165) is 43.4 Å². The van der Waals surface area contributed by atoms with Crippen molar-refractivity contribution in [2.45, 2.75) is 19.1 Å². The first kappa shape index (κ1) is 13.6. The number of ether oxygens (including phenoxy) is 1. The largest absolute Gasteiger partial charge is 0.369 e. The Hall–Kier alpha value is -1.36. The van der Waals surface area contributed by atoms with Gasteiger partial charge in [0.2, 0.25) is 0 Å². The van der Waals surface area contributed by atoms with E-state index in [1.54, 1.807) is 0 Å². The zero-order valence-corrected chi connectivity index (χ0v) is 12.0. The Labute approximate surface area is 123 Å². The molecule has 0 amide bonds. The maximum atomic E-state index is 5.90. The third-order valence-electron chi connectivity index (χ3n) is 3.56. The highest BCUT2D eigenvalue weighted by atomic mass is 35.5. The molecule has 0 bridgehead atoms. The van der Waals surface area contributed by atoms with Crippen LogP contribution in [0.25, 0.3) is 0 Å². The second-order valence-corrected chi connectivity index (χ2v) is 5.39. The summed E-state index contributed by atoms with van der Waals surface area (Å²) in [6, 6.07) is 7.99. The van der Waals surface area contributed by atoms with Crippen molar-refractivity contribution in [2.24, 2.45) is 0 Å². The third kappa shape index (κ3) is 3.20. The Morgan fingerprint density at radius 3 is 2.95 bits per heavy atom. The van der Waals surface area contributed by atoms with Gasteiger partial charge < -0.3 is 14.6 Å². The minimum Gasteiger partial charge on any atom is -0.369 e. The number of benzene rings is 1. The second-order valence-electron chi connectivity index (χ2n) is 4.95. The minimum absolute atomic E-state index is 0.108. The molecule has 20 heavy (non-hydrogen) atoms. The first-order chi connectivity index (χ1) is 9.83. The van der Waals surface area contributed by atoms with E-state index >= 15 is 0 Å². The zero-order chi connectivity index (χ0) is 13.8. The number of hydrogen-bond acceptors (Lipinski definition) is 3. The fourth-order valence-corrected chi connectivity index (χ4v) is 2.57. The Morgan fingerprint density at radius 1 is 1.35 bits per heavy atom. The topological polar surface area (TPSA) is 39.1 Å². The molecule has 1 aliphatic rings. The molecule has 4 nitrogen and oxygen atoms in total. The normalized spacial score (nSPS) is 19.1. The number of nitrogens with one attached hydrogen (secondary N) is 1. The number of nitrogens with zero attached hydrogens (tertiary/aromatic N) is 2. The predicted molar refractivity (Wildman–Crippen MR) is 78.9 cm³/mol.